The first-order valence-electron chi connectivity index (χ1n) is 11.4. The zero-order chi connectivity index (χ0) is 24.7. The van der Waals surface area contributed by atoms with E-state index in [0.29, 0.717) is 47.4 Å². The van der Waals surface area contributed by atoms with E-state index < -0.39 is 17.7 Å². The first kappa shape index (κ1) is 22.5. The molecule has 1 fully saturated rings. The van der Waals surface area contributed by atoms with Crippen LogP contribution in [-0.4, -0.2) is 35.1 Å². The second-order valence-corrected chi connectivity index (χ2v) is 8.87. The standard InChI is InChI=1S/C28H25NO6/c1-16(2)17-6-9-20(10-7-17)29-25(18-4-3-5-21(30)14-18)24(27(32)28(29)33)26(31)19-8-11-22-23(15-19)35-13-12-34-22/h3-11,14-16,25,30-31H,12-13H2,1-2H3/b26-24-. The van der Waals surface area contributed by atoms with Gasteiger partial charge in [-0.25, -0.2) is 0 Å². The highest BCUT2D eigenvalue weighted by Gasteiger charge is 2.47. The summed E-state index contributed by atoms with van der Waals surface area (Å²) < 4.78 is 11.2. The maximum Gasteiger partial charge on any atom is 0.300 e. The van der Waals surface area contributed by atoms with Crippen LogP contribution in [0.1, 0.15) is 42.5 Å². The summed E-state index contributed by atoms with van der Waals surface area (Å²) in [7, 11) is 0. The summed E-state index contributed by atoms with van der Waals surface area (Å²) in [6.07, 6.45) is 0. The number of aromatic hydroxyl groups is 1. The Morgan fingerprint density at radius 1 is 0.943 bits per heavy atom. The molecular formula is C28H25NO6. The van der Waals surface area contributed by atoms with Crippen molar-refractivity contribution in [2.75, 3.05) is 18.1 Å². The van der Waals surface area contributed by atoms with Crippen molar-refractivity contribution < 1.29 is 29.3 Å². The van der Waals surface area contributed by atoms with Crippen LogP contribution in [0.4, 0.5) is 5.69 Å². The Bertz CT molecular complexity index is 1340. The van der Waals surface area contributed by atoms with Gasteiger partial charge in [0.25, 0.3) is 11.7 Å². The van der Waals surface area contributed by atoms with Crippen LogP contribution < -0.4 is 14.4 Å². The minimum atomic E-state index is -0.930. The number of nitrogens with zero attached hydrogens (tertiary/aromatic N) is 1. The number of aliphatic hydroxyl groups is 1. The number of Topliss-reactive ketones (excluding diaryl/α,β-unsaturated/α-hetero) is 1. The zero-order valence-corrected chi connectivity index (χ0v) is 19.4. The van der Waals surface area contributed by atoms with Gasteiger partial charge < -0.3 is 19.7 Å². The number of benzene rings is 3. The van der Waals surface area contributed by atoms with Crippen LogP contribution in [0.25, 0.3) is 5.76 Å². The number of fused-ring (bicyclic) bond motifs is 1. The lowest BCUT2D eigenvalue weighted by Crippen LogP contribution is -2.29. The number of hydrogen-bond acceptors (Lipinski definition) is 6. The maximum absolute atomic E-state index is 13.3. The smallest absolute Gasteiger partial charge is 0.300 e. The third kappa shape index (κ3) is 3.99. The van der Waals surface area contributed by atoms with Crippen molar-refractivity contribution in [2.45, 2.75) is 25.8 Å². The van der Waals surface area contributed by atoms with Crippen molar-refractivity contribution in [1.82, 2.24) is 0 Å². The molecule has 1 atom stereocenters. The lowest BCUT2D eigenvalue weighted by Gasteiger charge is -2.26. The molecule has 1 amide bonds. The van der Waals surface area contributed by atoms with E-state index in [1.165, 1.54) is 17.0 Å². The molecule has 0 aliphatic carbocycles. The first-order valence-corrected chi connectivity index (χ1v) is 11.4. The fraction of sp³-hybridized carbons (Fsp3) is 0.214. The van der Waals surface area contributed by atoms with Gasteiger partial charge in [0, 0.05) is 11.3 Å². The Kier molecular flexibility index (Phi) is 5.68. The van der Waals surface area contributed by atoms with Gasteiger partial charge in [-0.1, -0.05) is 38.1 Å². The van der Waals surface area contributed by atoms with E-state index in [1.807, 2.05) is 12.1 Å². The molecule has 0 bridgehead atoms. The van der Waals surface area contributed by atoms with Crippen LogP contribution >= 0.6 is 0 Å². The fourth-order valence-corrected chi connectivity index (χ4v) is 4.48. The third-order valence-corrected chi connectivity index (χ3v) is 6.28. The third-order valence-electron chi connectivity index (χ3n) is 6.28. The summed E-state index contributed by atoms with van der Waals surface area (Å²) in [5.41, 5.74) is 2.37. The molecule has 178 valence electrons. The van der Waals surface area contributed by atoms with Crippen LogP contribution in [0, 0.1) is 0 Å². The van der Waals surface area contributed by atoms with Crippen LogP contribution in [0.3, 0.4) is 0 Å². The van der Waals surface area contributed by atoms with Gasteiger partial charge in [-0.15, -0.1) is 0 Å². The summed E-state index contributed by atoms with van der Waals surface area (Å²) >= 11 is 0. The SMILES string of the molecule is CC(C)c1ccc(N2C(=O)C(=O)/C(=C(\O)c3ccc4c(c3)OCCO4)C2c2cccc(O)c2)cc1. The molecule has 0 spiro atoms. The largest absolute Gasteiger partial charge is 0.508 e. The normalized spacial score (nSPS) is 18.8. The molecule has 35 heavy (non-hydrogen) atoms. The van der Waals surface area contributed by atoms with Crippen LogP contribution in [0.15, 0.2) is 72.3 Å². The zero-order valence-electron chi connectivity index (χ0n) is 19.4. The Labute approximate surface area is 202 Å². The average molecular weight is 472 g/mol. The highest BCUT2D eigenvalue weighted by molar-refractivity contribution is 6.51. The topological polar surface area (TPSA) is 96.3 Å². The van der Waals surface area contributed by atoms with Gasteiger partial charge in [-0.05, 0) is 59.5 Å². The number of amides is 1. The number of aliphatic hydroxyl groups excluding tert-OH is 1. The van der Waals surface area contributed by atoms with Gasteiger partial charge in [0.05, 0.1) is 11.6 Å². The molecule has 2 heterocycles. The molecule has 2 aliphatic rings. The van der Waals surface area contributed by atoms with E-state index in [1.54, 1.807) is 42.5 Å². The van der Waals surface area contributed by atoms with Crippen LogP contribution in [-0.2, 0) is 9.59 Å². The Morgan fingerprint density at radius 3 is 2.34 bits per heavy atom. The molecule has 7 heteroatoms. The highest BCUT2D eigenvalue weighted by Crippen LogP contribution is 2.44. The maximum atomic E-state index is 13.3. The molecule has 0 saturated carbocycles. The minimum absolute atomic E-state index is 0.0115. The van der Waals surface area contributed by atoms with Gasteiger partial charge in [-0.3, -0.25) is 14.5 Å². The summed E-state index contributed by atoms with van der Waals surface area (Å²) in [6, 6.07) is 17.7. The number of anilines is 1. The number of phenols is 1. The molecule has 1 unspecified atom stereocenters. The van der Waals surface area contributed by atoms with E-state index in [2.05, 4.69) is 13.8 Å². The lowest BCUT2D eigenvalue weighted by molar-refractivity contribution is -0.132. The van der Waals surface area contributed by atoms with Crippen molar-refractivity contribution in [3.63, 3.8) is 0 Å². The molecule has 7 nitrogen and oxygen atoms in total. The summed E-state index contributed by atoms with van der Waals surface area (Å²) in [6.45, 7) is 4.94. The molecule has 3 aromatic rings. The van der Waals surface area contributed by atoms with Crippen molar-refractivity contribution in [1.29, 1.82) is 0 Å². The van der Waals surface area contributed by atoms with E-state index >= 15 is 0 Å². The van der Waals surface area contributed by atoms with Gasteiger partial charge in [0.15, 0.2) is 11.5 Å². The van der Waals surface area contributed by atoms with Gasteiger partial charge >= 0.3 is 0 Å². The number of carbonyl (C=O) groups excluding carboxylic acids is 2. The van der Waals surface area contributed by atoms with Crippen molar-refractivity contribution in [3.05, 3.63) is 89.0 Å². The number of hydrogen-bond donors (Lipinski definition) is 2. The number of phenolic OH excluding ortho intramolecular Hbond substituents is 1. The average Bonchev–Trinajstić information content (AvgIpc) is 3.13. The quantitative estimate of drug-likeness (QED) is 0.319. The molecule has 0 radical (unpaired) electrons. The molecule has 2 N–H and O–H groups in total. The summed E-state index contributed by atoms with van der Waals surface area (Å²) in [5.74, 6) is -0.599. The predicted octanol–water partition coefficient (Wildman–Crippen LogP) is 4.91. The van der Waals surface area contributed by atoms with E-state index in [9.17, 15) is 19.8 Å². The van der Waals surface area contributed by atoms with Crippen molar-refractivity contribution >= 4 is 23.1 Å². The number of carbonyl (C=O) groups is 2. The van der Waals surface area contributed by atoms with Crippen LogP contribution in [0.5, 0.6) is 17.2 Å². The predicted molar refractivity (Wildman–Crippen MR) is 131 cm³/mol. The molecule has 5 rings (SSSR count). The molecule has 1 saturated heterocycles. The lowest BCUT2D eigenvalue weighted by atomic mass is 9.94. The van der Waals surface area contributed by atoms with E-state index in [4.69, 9.17) is 9.47 Å². The Hall–Kier alpha value is -4.26. The second-order valence-electron chi connectivity index (χ2n) is 8.87. The fourth-order valence-electron chi connectivity index (χ4n) is 4.48. The number of ether oxygens (including phenoxy) is 2. The minimum Gasteiger partial charge on any atom is -0.508 e. The van der Waals surface area contributed by atoms with Crippen molar-refractivity contribution in [2.24, 2.45) is 0 Å². The Balaban J connectivity index is 1.67. The van der Waals surface area contributed by atoms with Gasteiger partial charge in [-0.2, -0.15) is 0 Å². The van der Waals surface area contributed by atoms with Crippen LogP contribution in [0.2, 0.25) is 0 Å². The van der Waals surface area contributed by atoms with Gasteiger partial charge in [0.1, 0.15) is 24.7 Å². The Morgan fingerprint density at radius 2 is 1.66 bits per heavy atom. The van der Waals surface area contributed by atoms with Crippen molar-refractivity contribution in [3.8, 4) is 17.2 Å². The first-order chi connectivity index (χ1) is 16.8. The molecule has 3 aromatic carbocycles. The summed E-state index contributed by atoms with van der Waals surface area (Å²) in [4.78, 5) is 28.0. The van der Waals surface area contributed by atoms with E-state index in [0.717, 1.165) is 5.56 Å². The molecule has 2 aliphatic heterocycles. The van der Waals surface area contributed by atoms with Gasteiger partial charge in [0.2, 0.25) is 0 Å². The molecule has 0 aromatic heterocycles. The monoisotopic (exact) mass is 471 g/mol. The van der Waals surface area contributed by atoms with E-state index in [-0.39, 0.29) is 17.1 Å². The second kappa shape index (κ2) is 8.83. The highest BCUT2D eigenvalue weighted by atomic mass is 16.6. The number of rotatable bonds is 4. The summed E-state index contributed by atoms with van der Waals surface area (Å²) in [5, 5.41) is 21.5. The number of ketones is 1. The molecular weight excluding hydrogens is 446 g/mol.